The van der Waals surface area contributed by atoms with Crippen LogP contribution in [0.1, 0.15) is 5.56 Å². The zero-order chi connectivity index (χ0) is 10.7. The fraction of sp³-hybridized carbons (Fsp3) is 0.333. The van der Waals surface area contributed by atoms with Crippen LogP contribution in [0, 0.1) is 0 Å². The van der Waals surface area contributed by atoms with Crippen LogP contribution in [0.3, 0.4) is 0 Å². The quantitative estimate of drug-likeness (QED) is 0.717. The van der Waals surface area contributed by atoms with Gasteiger partial charge in [-0.15, -0.1) is 0 Å². The van der Waals surface area contributed by atoms with Gasteiger partial charge in [-0.3, -0.25) is 4.90 Å². The van der Waals surface area contributed by atoms with Crippen molar-refractivity contribution in [2.24, 2.45) is 0 Å². The number of fused-ring (bicyclic) bond motifs is 1. The maximum Gasteiger partial charge on any atom is 0.134 e. The molecule has 1 heterocycles. The zero-order valence-electron chi connectivity index (χ0n) is 9.06. The summed E-state index contributed by atoms with van der Waals surface area (Å²) >= 11 is 0. The lowest BCUT2D eigenvalue weighted by Gasteiger charge is -2.13. The molecule has 3 nitrogen and oxygen atoms in total. The summed E-state index contributed by atoms with van der Waals surface area (Å²) in [5.74, 6) is 0. The molecule has 0 radical (unpaired) electrons. The highest BCUT2D eigenvalue weighted by Gasteiger charge is 2.06. The molecule has 0 bridgehead atoms. The van der Waals surface area contributed by atoms with Gasteiger partial charge < -0.3 is 9.15 Å². The SMILES string of the molecule is COCN(C)Cc1coc2ccccc12. The van der Waals surface area contributed by atoms with Crippen LogP contribution in [-0.4, -0.2) is 25.8 Å². The van der Waals surface area contributed by atoms with Gasteiger partial charge >= 0.3 is 0 Å². The molecule has 0 aliphatic rings. The van der Waals surface area contributed by atoms with E-state index in [4.69, 9.17) is 9.15 Å². The zero-order valence-corrected chi connectivity index (χ0v) is 9.06. The van der Waals surface area contributed by atoms with Crippen molar-refractivity contribution in [2.45, 2.75) is 6.54 Å². The van der Waals surface area contributed by atoms with E-state index in [0.29, 0.717) is 6.73 Å². The summed E-state index contributed by atoms with van der Waals surface area (Å²) in [5.41, 5.74) is 2.14. The van der Waals surface area contributed by atoms with Gasteiger partial charge in [0.25, 0.3) is 0 Å². The summed E-state index contributed by atoms with van der Waals surface area (Å²) in [5, 5.41) is 1.18. The third-order valence-corrected chi connectivity index (χ3v) is 2.35. The van der Waals surface area contributed by atoms with Crippen LogP contribution in [0.15, 0.2) is 34.9 Å². The molecular weight excluding hydrogens is 190 g/mol. The van der Waals surface area contributed by atoms with Crippen molar-refractivity contribution in [1.29, 1.82) is 0 Å². The average Bonchev–Trinajstić information content (AvgIpc) is 2.62. The molecule has 0 aliphatic heterocycles. The maximum absolute atomic E-state index is 5.46. The fourth-order valence-corrected chi connectivity index (χ4v) is 1.71. The predicted octanol–water partition coefficient (Wildman–Crippen LogP) is 2.47. The minimum Gasteiger partial charge on any atom is -0.464 e. The number of methoxy groups -OCH3 is 1. The third-order valence-electron chi connectivity index (χ3n) is 2.35. The van der Waals surface area contributed by atoms with Crippen molar-refractivity contribution < 1.29 is 9.15 Å². The molecule has 15 heavy (non-hydrogen) atoms. The summed E-state index contributed by atoms with van der Waals surface area (Å²) in [6.45, 7) is 1.46. The van der Waals surface area contributed by atoms with Gasteiger partial charge in [0.2, 0.25) is 0 Å². The lowest BCUT2D eigenvalue weighted by atomic mass is 10.2. The Morgan fingerprint density at radius 2 is 2.13 bits per heavy atom. The van der Waals surface area contributed by atoms with Crippen LogP contribution in [0.25, 0.3) is 11.0 Å². The van der Waals surface area contributed by atoms with E-state index in [1.807, 2.05) is 31.5 Å². The highest BCUT2D eigenvalue weighted by atomic mass is 16.5. The van der Waals surface area contributed by atoms with E-state index in [9.17, 15) is 0 Å². The third kappa shape index (κ3) is 2.19. The Bertz CT molecular complexity index is 436. The molecule has 0 N–H and O–H groups in total. The van der Waals surface area contributed by atoms with Gasteiger partial charge in [-0.2, -0.15) is 0 Å². The molecule has 0 amide bonds. The molecule has 3 heteroatoms. The Morgan fingerprint density at radius 3 is 2.93 bits per heavy atom. The van der Waals surface area contributed by atoms with Crippen LogP contribution in [0.4, 0.5) is 0 Å². The molecule has 1 aromatic heterocycles. The highest BCUT2D eigenvalue weighted by molar-refractivity contribution is 5.80. The molecule has 0 atom stereocenters. The second-order valence-corrected chi connectivity index (χ2v) is 3.69. The van der Waals surface area contributed by atoms with Crippen LogP contribution in [0.5, 0.6) is 0 Å². The number of ether oxygens (including phenoxy) is 1. The van der Waals surface area contributed by atoms with Crippen molar-refractivity contribution >= 4 is 11.0 Å². The second-order valence-electron chi connectivity index (χ2n) is 3.69. The molecule has 0 aliphatic carbocycles. The van der Waals surface area contributed by atoms with Gasteiger partial charge in [-0.25, -0.2) is 0 Å². The maximum atomic E-state index is 5.46. The van der Waals surface area contributed by atoms with E-state index in [1.165, 1.54) is 10.9 Å². The summed E-state index contributed by atoms with van der Waals surface area (Å²) in [7, 11) is 3.72. The van der Waals surface area contributed by atoms with Crippen molar-refractivity contribution in [3.8, 4) is 0 Å². The van der Waals surface area contributed by atoms with Crippen molar-refractivity contribution in [3.05, 3.63) is 36.1 Å². The lowest BCUT2D eigenvalue weighted by Crippen LogP contribution is -2.19. The van der Waals surface area contributed by atoms with Crippen molar-refractivity contribution in [1.82, 2.24) is 4.90 Å². The van der Waals surface area contributed by atoms with E-state index >= 15 is 0 Å². The molecule has 0 spiro atoms. The first-order valence-electron chi connectivity index (χ1n) is 4.94. The molecule has 0 unspecified atom stereocenters. The summed E-state index contributed by atoms with van der Waals surface area (Å²) in [4.78, 5) is 2.09. The smallest absolute Gasteiger partial charge is 0.134 e. The molecule has 80 valence electrons. The normalized spacial score (nSPS) is 11.4. The summed E-state index contributed by atoms with van der Waals surface area (Å²) < 4.78 is 10.5. The number of hydrogen-bond acceptors (Lipinski definition) is 3. The summed E-state index contributed by atoms with van der Waals surface area (Å²) in [6, 6.07) is 8.07. The van der Waals surface area contributed by atoms with Gasteiger partial charge in [-0.1, -0.05) is 18.2 Å². The molecule has 0 fully saturated rings. The van der Waals surface area contributed by atoms with Crippen LogP contribution < -0.4 is 0 Å². The number of benzene rings is 1. The van der Waals surface area contributed by atoms with Gasteiger partial charge in [0.1, 0.15) is 5.58 Å². The van der Waals surface area contributed by atoms with E-state index in [0.717, 1.165) is 12.1 Å². The predicted molar refractivity (Wildman–Crippen MR) is 59.6 cm³/mol. The van der Waals surface area contributed by atoms with Gasteiger partial charge in [0.15, 0.2) is 0 Å². The monoisotopic (exact) mass is 205 g/mol. The van der Waals surface area contributed by atoms with E-state index in [1.54, 1.807) is 7.11 Å². The second kappa shape index (κ2) is 4.47. The van der Waals surface area contributed by atoms with Gasteiger partial charge in [0, 0.05) is 24.6 Å². The Morgan fingerprint density at radius 1 is 1.33 bits per heavy atom. The first-order chi connectivity index (χ1) is 7.31. The molecular formula is C12H15NO2. The minimum absolute atomic E-state index is 0.625. The molecule has 0 saturated heterocycles. The Balaban J connectivity index is 2.21. The Labute approximate surface area is 89.2 Å². The molecule has 1 aromatic carbocycles. The first kappa shape index (κ1) is 10.2. The fourth-order valence-electron chi connectivity index (χ4n) is 1.71. The topological polar surface area (TPSA) is 25.6 Å². The van der Waals surface area contributed by atoms with E-state index < -0.39 is 0 Å². The van der Waals surface area contributed by atoms with Crippen LogP contribution >= 0.6 is 0 Å². The number of hydrogen-bond donors (Lipinski definition) is 0. The standard InChI is InChI=1S/C12H15NO2/c1-13(9-14-2)7-10-8-15-12-6-4-3-5-11(10)12/h3-6,8H,7,9H2,1-2H3. The number of nitrogens with zero attached hydrogens (tertiary/aromatic N) is 1. The van der Waals surface area contributed by atoms with Crippen LogP contribution in [-0.2, 0) is 11.3 Å². The minimum atomic E-state index is 0.625. The highest BCUT2D eigenvalue weighted by Crippen LogP contribution is 2.21. The Kier molecular flexibility index (Phi) is 3.04. The largest absolute Gasteiger partial charge is 0.464 e. The van der Waals surface area contributed by atoms with Gasteiger partial charge in [0.05, 0.1) is 13.0 Å². The number of para-hydroxylation sites is 1. The number of rotatable bonds is 4. The van der Waals surface area contributed by atoms with Crippen LogP contribution in [0.2, 0.25) is 0 Å². The molecule has 0 saturated carbocycles. The molecule has 2 rings (SSSR count). The van der Waals surface area contributed by atoms with Crippen molar-refractivity contribution in [3.63, 3.8) is 0 Å². The summed E-state index contributed by atoms with van der Waals surface area (Å²) in [6.07, 6.45) is 1.82. The van der Waals surface area contributed by atoms with Crippen molar-refractivity contribution in [2.75, 3.05) is 20.9 Å². The van der Waals surface area contributed by atoms with E-state index in [2.05, 4.69) is 11.0 Å². The number of furan rings is 1. The lowest BCUT2D eigenvalue weighted by molar-refractivity contribution is 0.0772. The Hall–Kier alpha value is -1.32. The average molecular weight is 205 g/mol. The van der Waals surface area contributed by atoms with Gasteiger partial charge in [-0.05, 0) is 13.1 Å². The molecule has 2 aromatic rings. The first-order valence-corrected chi connectivity index (χ1v) is 4.94. The van der Waals surface area contributed by atoms with E-state index in [-0.39, 0.29) is 0 Å².